The van der Waals surface area contributed by atoms with E-state index in [4.69, 9.17) is 5.11 Å². The molecule has 12 heavy (non-hydrogen) atoms. The van der Waals surface area contributed by atoms with Gasteiger partial charge in [-0.05, 0) is 0 Å². The van der Waals surface area contributed by atoms with Crippen LogP contribution in [0.5, 0.6) is 0 Å². The molecule has 1 unspecified atom stereocenters. The third-order valence-electron chi connectivity index (χ3n) is 0.642. The molecule has 1 N–H and O–H groups in total. The molecule has 1 radical (unpaired) electrons. The number of aliphatic carboxylic acids is 1. The van der Waals surface area contributed by atoms with Gasteiger partial charge >= 0.3 is 16.8 Å². The van der Waals surface area contributed by atoms with Gasteiger partial charge in [0.25, 0.3) is 0 Å². The van der Waals surface area contributed by atoms with Gasteiger partial charge in [-0.1, -0.05) is 0 Å². The predicted octanol–water partition coefficient (Wildman–Crippen LogP) is -3.43. The first kappa shape index (κ1) is 14.3. The maximum atomic E-state index is 9.68. The van der Waals surface area contributed by atoms with Crippen LogP contribution in [0.2, 0.25) is 0 Å². The van der Waals surface area contributed by atoms with Crippen LogP contribution < -0.4 is 5.11 Å². The molecule has 0 heterocycles. The zero-order valence-electron chi connectivity index (χ0n) is 5.42. The summed E-state index contributed by atoms with van der Waals surface area (Å²) in [6.45, 7) is -1.13. The average molecular weight is 243 g/mol. The second kappa shape index (κ2) is 5.45. The van der Waals surface area contributed by atoms with Crippen LogP contribution in [0.1, 0.15) is 0 Å². The number of hydrogen-bond donors (Lipinski definition) is 1. The molecule has 0 aromatic carbocycles. The van der Waals surface area contributed by atoms with Crippen LogP contribution in [0.15, 0.2) is 0 Å². The fourth-order valence-corrected chi connectivity index (χ4v) is 0.511. The Balaban J connectivity index is 0. The van der Waals surface area contributed by atoms with Gasteiger partial charge in [-0.25, -0.2) is 8.42 Å². The molecule has 0 spiro atoms. The van der Waals surface area contributed by atoms with E-state index in [9.17, 15) is 22.9 Å². The van der Waals surface area contributed by atoms with Gasteiger partial charge in [0.1, 0.15) is 6.10 Å². The third-order valence-corrected chi connectivity index (χ3v) is 1.07. The van der Waals surface area contributed by atoms with Gasteiger partial charge in [-0.3, -0.25) is 4.18 Å². The number of hydrogen-bond acceptors (Lipinski definition) is 7. The molecule has 73 valence electrons. The van der Waals surface area contributed by atoms with Crippen LogP contribution >= 0.6 is 0 Å². The van der Waals surface area contributed by atoms with Gasteiger partial charge in [-0.15, -0.1) is 0 Å². The largest absolute Gasteiger partial charge is 2.00 e. The first-order chi connectivity index (χ1) is 4.83. The van der Waals surface area contributed by atoms with E-state index in [-0.39, 0.29) is 16.8 Å². The molecule has 0 amide bonds. The quantitative estimate of drug-likeness (QED) is 0.402. The van der Waals surface area contributed by atoms with Crippen molar-refractivity contribution in [2.24, 2.45) is 0 Å². The SMILES string of the molecule is O=C([O-])C(O)COS(=O)(=O)[O-].[Co+2]. The van der Waals surface area contributed by atoms with Crippen molar-refractivity contribution in [3.63, 3.8) is 0 Å². The summed E-state index contributed by atoms with van der Waals surface area (Å²) >= 11 is 0. The van der Waals surface area contributed by atoms with E-state index in [0.29, 0.717) is 0 Å². The summed E-state index contributed by atoms with van der Waals surface area (Å²) in [7, 11) is -4.95. The fraction of sp³-hybridized carbons (Fsp3) is 0.667. The van der Waals surface area contributed by atoms with E-state index in [1.807, 2.05) is 0 Å². The van der Waals surface area contributed by atoms with Crippen molar-refractivity contribution in [1.82, 2.24) is 0 Å². The summed E-state index contributed by atoms with van der Waals surface area (Å²) in [5, 5.41) is 18.0. The second-order valence-electron chi connectivity index (χ2n) is 1.53. The second-order valence-corrected chi connectivity index (χ2v) is 2.58. The molecule has 0 bridgehead atoms. The minimum absolute atomic E-state index is 0. The number of rotatable bonds is 4. The Morgan fingerprint density at radius 2 is 2.00 bits per heavy atom. The summed E-state index contributed by atoms with van der Waals surface area (Å²) < 4.78 is 32.4. The Labute approximate surface area is 78.5 Å². The van der Waals surface area contributed by atoms with E-state index < -0.39 is 29.1 Å². The van der Waals surface area contributed by atoms with E-state index in [1.54, 1.807) is 0 Å². The molecule has 0 aromatic heterocycles. The zero-order chi connectivity index (χ0) is 9.07. The van der Waals surface area contributed by atoms with Crippen molar-refractivity contribution < 1.29 is 48.9 Å². The number of aliphatic hydroxyl groups is 1. The van der Waals surface area contributed by atoms with Crippen LogP contribution in [-0.4, -0.2) is 36.8 Å². The standard InChI is InChI=1S/C3H6O7S.Co/c4-2(3(5)6)1-10-11(7,8)9;/h2,4H,1H2,(H,5,6)(H,7,8,9);/q;+2/p-2. The predicted molar refractivity (Wildman–Crippen MR) is 26.7 cm³/mol. The number of carbonyl (C=O) groups excluding carboxylic acids is 1. The van der Waals surface area contributed by atoms with Crippen LogP contribution in [0.4, 0.5) is 0 Å². The Hall–Kier alpha value is -0.194. The van der Waals surface area contributed by atoms with Crippen molar-refractivity contribution in [2.45, 2.75) is 6.10 Å². The number of aliphatic hydroxyl groups excluding tert-OH is 1. The molecular weight excluding hydrogens is 239 g/mol. The molecule has 0 aliphatic rings. The summed E-state index contributed by atoms with van der Waals surface area (Å²) in [6.07, 6.45) is -2.11. The van der Waals surface area contributed by atoms with E-state index in [0.717, 1.165) is 0 Å². The van der Waals surface area contributed by atoms with Crippen LogP contribution in [-0.2, 0) is 36.2 Å². The first-order valence-corrected chi connectivity index (χ1v) is 3.65. The normalized spacial score (nSPS) is 13.2. The average Bonchev–Trinajstić information content (AvgIpc) is 1.80. The Bertz CT molecular complexity index is 233. The number of carboxylic acid groups (broad SMARTS) is 1. The molecule has 1 atom stereocenters. The molecule has 0 aliphatic heterocycles. The molecule has 0 rings (SSSR count). The monoisotopic (exact) mass is 243 g/mol. The van der Waals surface area contributed by atoms with Gasteiger partial charge in [0.05, 0.1) is 12.6 Å². The van der Waals surface area contributed by atoms with E-state index >= 15 is 0 Å². The van der Waals surface area contributed by atoms with Gasteiger partial charge in [0.15, 0.2) is 0 Å². The van der Waals surface area contributed by atoms with Crippen molar-refractivity contribution >= 4 is 16.4 Å². The summed E-state index contributed by atoms with van der Waals surface area (Å²) in [5.41, 5.74) is 0. The molecule has 0 saturated heterocycles. The summed E-state index contributed by atoms with van der Waals surface area (Å²) in [6, 6.07) is 0. The zero-order valence-corrected chi connectivity index (χ0v) is 7.28. The number of carboxylic acids is 1. The Kier molecular flexibility index (Phi) is 6.51. The Morgan fingerprint density at radius 3 is 2.25 bits per heavy atom. The molecule has 7 nitrogen and oxygen atoms in total. The maximum Gasteiger partial charge on any atom is 2.00 e. The van der Waals surface area contributed by atoms with Crippen molar-refractivity contribution in [3.05, 3.63) is 0 Å². The van der Waals surface area contributed by atoms with E-state index in [1.165, 1.54) is 0 Å². The molecule has 0 saturated carbocycles. The van der Waals surface area contributed by atoms with Crippen LogP contribution in [0.25, 0.3) is 0 Å². The molecule has 0 aliphatic carbocycles. The van der Waals surface area contributed by atoms with Crippen molar-refractivity contribution in [3.8, 4) is 0 Å². The maximum absolute atomic E-state index is 9.68. The topological polar surface area (TPSA) is 127 Å². The van der Waals surface area contributed by atoms with Gasteiger partial charge < -0.3 is 19.6 Å². The van der Waals surface area contributed by atoms with Gasteiger partial charge in [0.2, 0.25) is 10.4 Å². The summed E-state index contributed by atoms with van der Waals surface area (Å²) in [4.78, 5) is 9.68. The molecule has 0 fully saturated rings. The third kappa shape index (κ3) is 7.91. The van der Waals surface area contributed by atoms with Crippen LogP contribution in [0.3, 0.4) is 0 Å². The van der Waals surface area contributed by atoms with Crippen molar-refractivity contribution in [1.29, 1.82) is 0 Å². The van der Waals surface area contributed by atoms with Gasteiger partial charge in [-0.2, -0.15) is 0 Å². The molecule has 0 aromatic rings. The van der Waals surface area contributed by atoms with Gasteiger partial charge in [0, 0.05) is 0 Å². The molecule has 9 heteroatoms. The smallest absolute Gasteiger partial charge is 0.726 e. The minimum Gasteiger partial charge on any atom is -0.726 e. The minimum atomic E-state index is -4.95. The van der Waals surface area contributed by atoms with Crippen LogP contribution in [0, 0.1) is 0 Å². The molecular formula is C3H4CoO7S. The summed E-state index contributed by atoms with van der Waals surface area (Å²) in [5.74, 6) is -1.91. The Morgan fingerprint density at radius 1 is 1.58 bits per heavy atom. The first-order valence-electron chi connectivity index (χ1n) is 2.32. The fourth-order valence-electron chi connectivity index (χ4n) is 0.216. The number of carbonyl (C=O) groups is 1. The van der Waals surface area contributed by atoms with E-state index in [2.05, 4.69) is 4.18 Å². The van der Waals surface area contributed by atoms with Crippen molar-refractivity contribution in [2.75, 3.05) is 6.61 Å².